The van der Waals surface area contributed by atoms with E-state index >= 15 is 0 Å². The number of urea groups is 1. The molecule has 0 saturated carbocycles. The number of ether oxygens (including phenoxy) is 1. The van der Waals surface area contributed by atoms with Gasteiger partial charge in [-0.15, -0.1) is 5.60 Å². The second kappa shape index (κ2) is 10.7. The van der Waals surface area contributed by atoms with Crippen molar-refractivity contribution in [1.29, 1.82) is 0 Å². The van der Waals surface area contributed by atoms with Gasteiger partial charge in [-0.05, 0) is 48.8 Å². The molecule has 2 fully saturated rings. The molecule has 2 aliphatic rings. The maximum Gasteiger partial charge on any atom is 0.411 e. The highest BCUT2D eigenvalue weighted by atomic mass is 16.6. The van der Waals surface area contributed by atoms with E-state index in [0.29, 0.717) is 18.9 Å². The van der Waals surface area contributed by atoms with Gasteiger partial charge in [-0.1, -0.05) is 68.4 Å². The summed E-state index contributed by atoms with van der Waals surface area (Å²) in [5.74, 6) is 0.428. The van der Waals surface area contributed by atoms with Crippen molar-refractivity contribution >= 4 is 12.1 Å². The van der Waals surface area contributed by atoms with Crippen LogP contribution in [-0.4, -0.2) is 66.2 Å². The molecule has 200 valence electrons. The smallest absolute Gasteiger partial charge is 0.411 e. The number of carbonyl (C=O) groups excluding carboxylic acids is 2. The van der Waals surface area contributed by atoms with Crippen LogP contribution < -0.4 is 5.11 Å². The van der Waals surface area contributed by atoms with Crippen LogP contribution >= 0.6 is 0 Å². The lowest BCUT2D eigenvalue weighted by Crippen LogP contribution is -2.53. The molecular formula is C30H40N3O4-. The van der Waals surface area contributed by atoms with Crippen molar-refractivity contribution < 1.29 is 19.4 Å². The summed E-state index contributed by atoms with van der Waals surface area (Å²) in [5, 5.41) is 12.7. The van der Waals surface area contributed by atoms with Crippen LogP contribution in [0.25, 0.3) is 0 Å². The molecule has 0 radical (unpaired) electrons. The van der Waals surface area contributed by atoms with Crippen LogP contribution in [0, 0.1) is 0 Å². The lowest BCUT2D eigenvalue weighted by atomic mass is 9.80. The Morgan fingerprint density at radius 3 is 2.24 bits per heavy atom. The predicted octanol–water partition coefficient (Wildman–Crippen LogP) is 4.88. The van der Waals surface area contributed by atoms with Gasteiger partial charge in [0.25, 0.3) is 0 Å². The van der Waals surface area contributed by atoms with Crippen LogP contribution in [0.15, 0.2) is 54.6 Å². The number of hydrogen-bond donors (Lipinski definition) is 0. The molecule has 7 heteroatoms. The van der Waals surface area contributed by atoms with E-state index in [1.165, 1.54) is 5.56 Å². The molecule has 7 nitrogen and oxygen atoms in total. The Kier molecular flexibility index (Phi) is 7.83. The topological polar surface area (TPSA) is 76.2 Å². The first kappa shape index (κ1) is 27.0. The van der Waals surface area contributed by atoms with Crippen molar-refractivity contribution in [3.8, 4) is 0 Å². The van der Waals surface area contributed by atoms with Crippen molar-refractivity contribution in [1.82, 2.24) is 14.7 Å². The molecule has 3 amide bonds. The fraction of sp³-hybridized carbons (Fsp3) is 0.533. The van der Waals surface area contributed by atoms with Crippen LogP contribution in [0.2, 0.25) is 0 Å². The van der Waals surface area contributed by atoms with Gasteiger partial charge in [-0.25, -0.2) is 9.59 Å². The lowest BCUT2D eigenvalue weighted by Gasteiger charge is -2.48. The third kappa shape index (κ3) is 6.09. The summed E-state index contributed by atoms with van der Waals surface area (Å²) in [5.41, 5.74) is 1.07. The summed E-state index contributed by atoms with van der Waals surface area (Å²) in [6.45, 7) is 7.36. The molecule has 0 aromatic heterocycles. The van der Waals surface area contributed by atoms with Gasteiger partial charge in [-0.3, -0.25) is 0 Å². The summed E-state index contributed by atoms with van der Waals surface area (Å²) in [7, 11) is 3.58. The number of rotatable bonds is 6. The fourth-order valence-electron chi connectivity index (χ4n) is 5.79. The summed E-state index contributed by atoms with van der Waals surface area (Å²) in [6, 6.07) is 18.1. The van der Waals surface area contributed by atoms with Crippen LogP contribution in [-0.2, 0) is 10.3 Å². The molecule has 0 aliphatic carbocycles. The minimum absolute atomic E-state index is 0.0751. The van der Waals surface area contributed by atoms with E-state index in [4.69, 9.17) is 4.74 Å². The van der Waals surface area contributed by atoms with E-state index in [1.807, 2.05) is 42.2 Å². The number of benzene rings is 2. The number of cyclic esters (lactones) is 1. The van der Waals surface area contributed by atoms with E-state index < -0.39 is 11.2 Å². The molecule has 0 bridgehead atoms. The Morgan fingerprint density at radius 1 is 1.08 bits per heavy atom. The average Bonchev–Trinajstić information content (AvgIpc) is 2.88. The van der Waals surface area contributed by atoms with Crippen LogP contribution in [0.5, 0.6) is 0 Å². The Labute approximate surface area is 221 Å². The highest BCUT2D eigenvalue weighted by Crippen LogP contribution is 2.42. The second-order valence-corrected chi connectivity index (χ2v) is 11.4. The lowest BCUT2D eigenvalue weighted by molar-refractivity contribution is -0.473. The first-order chi connectivity index (χ1) is 17.5. The van der Waals surface area contributed by atoms with Crippen molar-refractivity contribution in [2.75, 3.05) is 33.7 Å². The minimum atomic E-state index is -1.23. The molecular weight excluding hydrogens is 466 g/mol. The maximum atomic E-state index is 13.3. The number of likely N-dealkylation sites (tertiary alicyclic amines) is 1. The Morgan fingerprint density at radius 2 is 1.70 bits per heavy atom. The SMILES string of the molecule is C[C@@H](c1ccc(C2CCN(C(=O)N(C)C)CC2)cc1)N1CC[C@](CC(C)(C)[O-])(c2ccccc2)OC1=O. The van der Waals surface area contributed by atoms with E-state index in [0.717, 1.165) is 37.1 Å². The predicted molar refractivity (Wildman–Crippen MR) is 142 cm³/mol. The van der Waals surface area contributed by atoms with E-state index in [-0.39, 0.29) is 24.6 Å². The van der Waals surface area contributed by atoms with Crippen molar-refractivity contribution in [3.63, 3.8) is 0 Å². The van der Waals surface area contributed by atoms with Crippen LogP contribution in [0.3, 0.4) is 0 Å². The van der Waals surface area contributed by atoms with Gasteiger partial charge in [0.15, 0.2) is 0 Å². The molecule has 0 N–H and O–H groups in total. The third-order valence-electron chi connectivity index (χ3n) is 7.79. The molecule has 0 unspecified atom stereocenters. The fourth-order valence-corrected chi connectivity index (χ4v) is 5.79. The standard InChI is InChI=1S/C30H40N3O4/c1-22(23-11-13-24(14-12-23)25-15-18-32(19-16-25)27(34)31(4)5)33-20-17-30(37-28(33)35,21-29(2,3)36)26-9-7-6-8-10-26/h6-14,22,25H,15-21H2,1-5H3/q-1/t22-,30-/m0/s1. The third-order valence-corrected chi connectivity index (χ3v) is 7.79. The summed E-state index contributed by atoms with van der Waals surface area (Å²) in [6.07, 6.45) is 2.32. The molecule has 2 heterocycles. The molecule has 0 spiro atoms. The average molecular weight is 507 g/mol. The van der Waals surface area contributed by atoms with Gasteiger partial charge < -0.3 is 24.5 Å². The monoisotopic (exact) mass is 506 g/mol. The normalized spacial score (nSPS) is 21.9. The number of hydrogen-bond acceptors (Lipinski definition) is 4. The zero-order chi connectivity index (χ0) is 26.8. The van der Waals surface area contributed by atoms with Gasteiger partial charge in [0.05, 0.1) is 6.04 Å². The van der Waals surface area contributed by atoms with E-state index in [9.17, 15) is 14.7 Å². The molecule has 2 saturated heterocycles. The van der Waals surface area contributed by atoms with E-state index in [2.05, 4.69) is 24.3 Å². The Bertz CT molecular complexity index is 1070. The maximum absolute atomic E-state index is 13.3. The largest absolute Gasteiger partial charge is 0.850 e. The van der Waals surface area contributed by atoms with Gasteiger partial charge in [0.1, 0.15) is 5.60 Å². The van der Waals surface area contributed by atoms with Gasteiger partial charge in [-0.2, -0.15) is 0 Å². The highest BCUT2D eigenvalue weighted by Gasteiger charge is 2.44. The van der Waals surface area contributed by atoms with Gasteiger partial charge in [0, 0.05) is 40.2 Å². The minimum Gasteiger partial charge on any atom is -0.850 e. The molecule has 37 heavy (non-hydrogen) atoms. The zero-order valence-electron chi connectivity index (χ0n) is 22.8. The molecule has 2 aromatic rings. The van der Waals surface area contributed by atoms with Gasteiger partial charge in [0.2, 0.25) is 0 Å². The molecule has 2 atom stereocenters. The van der Waals surface area contributed by atoms with Crippen molar-refractivity contribution in [3.05, 3.63) is 71.3 Å². The first-order valence-electron chi connectivity index (χ1n) is 13.3. The summed E-state index contributed by atoms with van der Waals surface area (Å²) in [4.78, 5) is 30.8. The van der Waals surface area contributed by atoms with Crippen molar-refractivity contribution in [2.45, 2.75) is 69.6 Å². The highest BCUT2D eigenvalue weighted by molar-refractivity contribution is 5.74. The number of nitrogens with zero attached hydrogens (tertiary/aromatic N) is 3. The number of piperidine rings is 1. The van der Waals surface area contributed by atoms with Crippen LogP contribution in [0.4, 0.5) is 9.59 Å². The summed E-state index contributed by atoms with van der Waals surface area (Å²) < 4.78 is 6.11. The zero-order valence-corrected chi connectivity index (χ0v) is 22.8. The number of carbonyl (C=O) groups is 2. The molecule has 2 aromatic carbocycles. The summed E-state index contributed by atoms with van der Waals surface area (Å²) >= 11 is 0. The number of amides is 3. The van der Waals surface area contributed by atoms with E-state index in [1.54, 1.807) is 37.7 Å². The van der Waals surface area contributed by atoms with Gasteiger partial charge >= 0.3 is 12.1 Å². The van der Waals surface area contributed by atoms with Crippen molar-refractivity contribution in [2.24, 2.45) is 0 Å². The second-order valence-electron chi connectivity index (χ2n) is 11.4. The Balaban J connectivity index is 1.42. The molecule has 4 rings (SSSR count). The first-order valence-corrected chi connectivity index (χ1v) is 13.3. The quantitative estimate of drug-likeness (QED) is 0.560. The van der Waals surface area contributed by atoms with Crippen LogP contribution in [0.1, 0.15) is 75.1 Å². The Hall–Kier alpha value is -3.06. The molecule has 2 aliphatic heterocycles.